The highest BCUT2D eigenvalue weighted by molar-refractivity contribution is 6.30. The van der Waals surface area contributed by atoms with E-state index in [1.165, 1.54) is 24.3 Å². The highest BCUT2D eigenvalue weighted by atomic mass is 35.5. The third-order valence-electron chi connectivity index (χ3n) is 4.19. The van der Waals surface area contributed by atoms with Crippen LogP contribution in [-0.4, -0.2) is 19.3 Å². The lowest BCUT2D eigenvalue weighted by molar-refractivity contribution is 0.230. The Hall–Kier alpha value is -1.72. The molecular weight excluding hydrogens is 339 g/mol. The van der Waals surface area contributed by atoms with Crippen molar-refractivity contribution in [3.63, 3.8) is 0 Å². The SMILES string of the molecule is Fc1cc(Cl)ccc1COc1cc(C2CCNCC2F)ccc1F. The topological polar surface area (TPSA) is 21.3 Å². The van der Waals surface area contributed by atoms with Crippen molar-refractivity contribution < 1.29 is 17.9 Å². The molecule has 0 spiro atoms. The molecule has 24 heavy (non-hydrogen) atoms. The van der Waals surface area contributed by atoms with Gasteiger partial charge in [-0.3, -0.25) is 0 Å². The molecule has 0 aliphatic carbocycles. The summed E-state index contributed by atoms with van der Waals surface area (Å²) in [7, 11) is 0. The molecule has 128 valence electrons. The van der Waals surface area contributed by atoms with Gasteiger partial charge in [0.15, 0.2) is 11.6 Å². The first-order valence-electron chi connectivity index (χ1n) is 7.75. The molecule has 1 aliphatic rings. The quantitative estimate of drug-likeness (QED) is 0.864. The van der Waals surface area contributed by atoms with Crippen LogP contribution in [-0.2, 0) is 6.61 Å². The average Bonchev–Trinajstić information content (AvgIpc) is 2.56. The van der Waals surface area contributed by atoms with E-state index in [0.29, 0.717) is 18.5 Å². The van der Waals surface area contributed by atoms with Crippen molar-refractivity contribution in [3.8, 4) is 5.75 Å². The Balaban J connectivity index is 1.76. The van der Waals surface area contributed by atoms with Crippen LogP contribution in [0, 0.1) is 11.6 Å². The minimum absolute atomic E-state index is 0.00687. The number of nitrogens with one attached hydrogen (secondary N) is 1. The zero-order valence-corrected chi connectivity index (χ0v) is 13.6. The first kappa shape index (κ1) is 17.1. The van der Waals surface area contributed by atoms with Gasteiger partial charge in [0.25, 0.3) is 0 Å². The fourth-order valence-corrected chi connectivity index (χ4v) is 3.01. The highest BCUT2D eigenvalue weighted by Gasteiger charge is 2.26. The van der Waals surface area contributed by atoms with Gasteiger partial charge in [-0.25, -0.2) is 13.2 Å². The van der Waals surface area contributed by atoms with Gasteiger partial charge >= 0.3 is 0 Å². The van der Waals surface area contributed by atoms with E-state index in [-0.39, 0.29) is 35.4 Å². The van der Waals surface area contributed by atoms with Crippen LogP contribution in [0.3, 0.4) is 0 Å². The molecule has 0 saturated carbocycles. The van der Waals surface area contributed by atoms with Gasteiger partial charge in [0.2, 0.25) is 0 Å². The molecule has 2 unspecified atom stereocenters. The first-order valence-corrected chi connectivity index (χ1v) is 8.13. The Morgan fingerprint density at radius 2 is 1.96 bits per heavy atom. The molecule has 0 radical (unpaired) electrons. The predicted molar refractivity (Wildman–Crippen MR) is 87.3 cm³/mol. The summed E-state index contributed by atoms with van der Waals surface area (Å²) in [5, 5.41) is 3.27. The summed E-state index contributed by atoms with van der Waals surface area (Å²) < 4.78 is 47.2. The van der Waals surface area contributed by atoms with Crippen LogP contribution in [0.4, 0.5) is 13.2 Å². The second-order valence-corrected chi connectivity index (χ2v) is 6.27. The Morgan fingerprint density at radius 3 is 2.71 bits per heavy atom. The molecule has 1 heterocycles. The van der Waals surface area contributed by atoms with Gasteiger partial charge in [0, 0.05) is 23.0 Å². The van der Waals surface area contributed by atoms with Gasteiger partial charge in [-0.05, 0) is 42.8 Å². The Labute approximate surface area is 143 Å². The van der Waals surface area contributed by atoms with Crippen LogP contribution in [0.1, 0.15) is 23.5 Å². The fourth-order valence-electron chi connectivity index (χ4n) is 2.85. The number of hydrogen-bond donors (Lipinski definition) is 1. The van der Waals surface area contributed by atoms with Crippen LogP contribution in [0.2, 0.25) is 5.02 Å². The summed E-state index contributed by atoms with van der Waals surface area (Å²) in [5.74, 6) is -1.37. The minimum atomic E-state index is -1.02. The predicted octanol–water partition coefficient (Wildman–Crippen LogP) is 4.61. The molecule has 1 N–H and O–H groups in total. The van der Waals surface area contributed by atoms with E-state index in [2.05, 4.69) is 5.32 Å². The lowest BCUT2D eigenvalue weighted by Crippen LogP contribution is -2.36. The van der Waals surface area contributed by atoms with E-state index < -0.39 is 17.8 Å². The molecule has 2 aromatic carbocycles. The van der Waals surface area contributed by atoms with Gasteiger partial charge in [-0.15, -0.1) is 0 Å². The summed E-state index contributed by atoms with van der Waals surface area (Å²) in [6.45, 7) is 0.873. The maximum absolute atomic E-state index is 14.0. The van der Waals surface area contributed by atoms with E-state index >= 15 is 0 Å². The van der Waals surface area contributed by atoms with Crippen molar-refractivity contribution in [2.24, 2.45) is 0 Å². The smallest absolute Gasteiger partial charge is 0.165 e. The van der Waals surface area contributed by atoms with Crippen molar-refractivity contribution in [2.75, 3.05) is 13.1 Å². The Bertz CT molecular complexity index is 725. The Kier molecular flexibility index (Phi) is 5.31. The molecule has 3 rings (SSSR count). The molecule has 0 aromatic heterocycles. The van der Waals surface area contributed by atoms with Crippen LogP contribution < -0.4 is 10.1 Å². The number of alkyl halides is 1. The first-order chi connectivity index (χ1) is 11.5. The summed E-state index contributed by atoms with van der Waals surface area (Å²) in [6, 6.07) is 8.55. The molecule has 6 heteroatoms. The van der Waals surface area contributed by atoms with Crippen molar-refractivity contribution in [3.05, 3.63) is 64.2 Å². The maximum Gasteiger partial charge on any atom is 0.165 e. The second-order valence-electron chi connectivity index (χ2n) is 5.83. The zero-order chi connectivity index (χ0) is 17.1. The van der Waals surface area contributed by atoms with E-state index in [0.717, 1.165) is 0 Å². The standard InChI is InChI=1S/C18H17ClF3NO/c19-13-3-1-12(16(21)8-13)10-24-18-7-11(2-4-15(18)20)14-5-6-23-9-17(14)22/h1-4,7-8,14,17,23H,5-6,9-10H2. The van der Waals surface area contributed by atoms with E-state index in [4.69, 9.17) is 16.3 Å². The van der Waals surface area contributed by atoms with Crippen LogP contribution in [0.25, 0.3) is 0 Å². The monoisotopic (exact) mass is 355 g/mol. The zero-order valence-electron chi connectivity index (χ0n) is 12.9. The molecule has 1 saturated heterocycles. The minimum Gasteiger partial charge on any atom is -0.486 e. The molecule has 2 nitrogen and oxygen atoms in total. The van der Waals surface area contributed by atoms with Gasteiger partial charge in [0.1, 0.15) is 18.6 Å². The number of halogens is 4. The van der Waals surface area contributed by atoms with Crippen molar-refractivity contribution in [2.45, 2.75) is 25.1 Å². The number of hydrogen-bond acceptors (Lipinski definition) is 2. The van der Waals surface area contributed by atoms with Gasteiger partial charge in [-0.2, -0.15) is 0 Å². The number of benzene rings is 2. The molecule has 0 amide bonds. The number of ether oxygens (including phenoxy) is 1. The number of rotatable bonds is 4. The maximum atomic E-state index is 14.0. The van der Waals surface area contributed by atoms with Crippen LogP contribution >= 0.6 is 11.6 Å². The largest absolute Gasteiger partial charge is 0.486 e. The summed E-state index contributed by atoms with van der Waals surface area (Å²) >= 11 is 5.70. The second kappa shape index (κ2) is 7.45. The summed E-state index contributed by atoms with van der Waals surface area (Å²) in [4.78, 5) is 0. The molecule has 0 bridgehead atoms. The molecule has 1 aliphatic heterocycles. The van der Waals surface area contributed by atoms with E-state index in [1.54, 1.807) is 12.1 Å². The molecule has 2 aromatic rings. The third kappa shape index (κ3) is 3.84. The van der Waals surface area contributed by atoms with E-state index in [1.807, 2.05) is 0 Å². The number of piperidine rings is 1. The third-order valence-corrected chi connectivity index (χ3v) is 4.42. The lowest BCUT2D eigenvalue weighted by Gasteiger charge is -2.27. The van der Waals surface area contributed by atoms with Gasteiger partial charge < -0.3 is 10.1 Å². The summed E-state index contributed by atoms with van der Waals surface area (Å²) in [5.41, 5.74) is 0.964. The van der Waals surface area contributed by atoms with Crippen molar-refractivity contribution in [1.29, 1.82) is 0 Å². The Morgan fingerprint density at radius 1 is 1.12 bits per heavy atom. The van der Waals surface area contributed by atoms with Crippen LogP contribution in [0.5, 0.6) is 5.75 Å². The molecule has 2 atom stereocenters. The average molecular weight is 356 g/mol. The fraction of sp³-hybridized carbons (Fsp3) is 0.333. The normalized spacial score (nSPS) is 20.8. The van der Waals surface area contributed by atoms with Crippen LogP contribution in [0.15, 0.2) is 36.4 Å². The van der Waals surface area contributed by atoms with Gasteiger partial charge in [-0.1, -0.05) is 23.7 Å². The molecular formula is C18H17ClF3NO. The molecule has 1 fully saturated rings. The van der Waals surface area contributed by atoms with Crippen molar-refractivity contribution in [1.82, 2.24) is 5.32 Å². The lowest BCUT2D eigenvalue weighted by atomic mass is 9.88. The van der Waals surface area contributed by atoms with E-state index in [9.17, 15) is 13.2 Å². The van der Waals surface area contributed by atoms with Gasteiger partial charge in [0.05, 0.1) is 0 Å². The highest BCUT2D eigenvalue weighted by Crippen LogP contribution is 2.31. The summed E-state index contributed by atoms with van der Waals surface area (Å²) in [6.07, 6.45) is -0.385. The van der Waals surface area contributed by atoms with Crippen molar-refractivity contribution >= 4 is 11.6 Å².